The molecule has 1 aliphatic heterocycles. The van der Waals surface area contributed by atoms with Crippen molar-refractivity contribution in [1.29, 1.82) is 0 Å². The highest BCUT2D eigenvalue weighted by atomic mass is 79.9. The molecular formula is C18H15BrFN3O3S. The van der Waals surface area contributed by atoms with Gasteiger partial charge in [-0.3, -0.25) is 0 Å². The first kappa shape index (κ1) is 18.3. The van der Waals surface area contributed by atoms with Crippen molar-refractivity contribution in [2.75, 3.05) is 6.54 Å². The minimum absolute atomic E-state index is 0.204. The Morgan fingerprint density at radius 2 is 1.89 bits per heavy atom. The van der Waals surface area contributed by atoms with Crippen LogP contribution in [-0.2, 0) is 10.0 Å². The van der Waals surface area contributed by atoms with Crippen LogP contribution in [0.5, 0.6) is 0 Å². The van der Waals surface area contributed by atoms with E-state index in [1.165, 1.54) is 16.4 Å². The fourth-order valence-corrected chi connectivity index (χ4v) is 5.76. The van der Waals surface area contributed by atoms with Crippen LogP contribution < -0.4 is 0 Å². The van der Waals surface area contributed by atoms with Crippen molar-refractivity contribution in [2.45, 2.75) is 23.8 Å². The molecule has 1 aromatic heterocycles. The molecule has 1 aliphatic rings. The average Bonchev–Trinajstić information content (AvgIpc) is 3.32. The molecule has 0 N–H and O–H groups in total. The SMILES string of the molecule is O=S(=O)(c1ccccc1Br)N1CCCC1c1nc(-c2ccc(F)cc2)no1. The second-order valence-corrected chi connectivity index (χ2v) is 8.88. The van der Waals surface area contributed by atoms with Crippen molar-refractivity contribution in [3.05, 3.63) is 64.7 Å². The van der Waals surface area contributed by atoms with Gasteiger partial charge in [0.25, 0.3) is 0 Å². The molecule has 1 atom stereocenters. The summed E-state index contributed by atoms with van der Waals surface area (Å²) >= 11 is 3.31. The lowest BCUT2D eigenvalue weighted by Crippen LogP contribution is -2.31. The fraction of sp³-hybridized carbons (Fsp3) is 0.222. The number of rotatable bonds is 4. The smallest absolute Gasteiger partial charge is 0.245 e. The third kappa shape index (κ3) is 3.42. The number of sulfonamides is 1. The fourth-order valence-electron chi connectivity index (χ4n) is 3.14. The summed E-state index contributed by atoms with van der Waals surface area (Å²) in [4.78, 5) is 4.56. The van der Waals surface area contributed by atoms with Crippen molar-refractivity contribution in [3.63, 3.8) is 0 Å². The number of nitrogens with zero attached hydrogens (tertiary/aromatic N) is 3. The van der Waals surface area contributed by atoms with E-state index in [2.05, 4.69) is 26.1 Å². The van der Waals surface area contributed by atoms with Crippen LogP contribution in [0.15, 0.2) is 62.4 Å². The van der Waals surface area contributed by atoms with Gasteiger partial charge >= 0.3 is 0 Å². The molecule has 2 heterocycles. The van der Waals surface area contributed by atoms with E-state index < -0.39 is 16.1 Å². The van der Waals surface area contributed by atoms with Crippen molar-refractivity contribution < 1.29 is 17.3 Å². The zero-order valence-corrected chi connectivity index (χ0v) is 16.5. The monoisotopic (exact) mass is 451 g/mol. The Hall–Kier alpha value is -2.10. The summed E-state index contributed by atoms with van der Waals surface area (Å²) in [6.07, 6.45) is 1.29. The van der Waals surface area contributed by atoms with Gasteiger partial charge in [-0.15, -0.1) is 0 Å². The molecule has 0 amide bonds. The number of hydrogen-bond acceptors (Lipinski definition) is 5. The molecule has 0 bridgehead atoms. The normalized spacial score (nSPS) is 18.1. The standard InChI is InChI=1S/C18H15BrFN3O3S/c19-14-4-1-2-6-16(14)27(24,25)23-11-3-5-15(23)18-21-17(22-26-18)12-7-9-13(20)10-8-12/h1-2,4,6-10,15H,3,5,11H2. The molecule has 0 radical (unpaired) electrons. The summed E-state index contributed by atoms with van der Waals surface area (Å²) in [6, 6.07) is 11.9. The molecule has 0 spiro atoms. The molecule has 4 rings (SSSR count). The number of halogens is 2. The van der Waals surface area contributed by atoms with Gasteiger partial charge in [-0.05, 0) is 65.2 Å². The summed E-state index contributed by atoms with van der Waals surface area (Å²) in [7, 11) is -3.72. The van der Waals surface area contributed by atoms with Gasteiger partial charge in [-0.2, -0.15) is 9.29 Å². The average molecular weight is 452 g/mol. The minimum Gasteiger partial charge on any atom is -0.337 e. The van der Waals surface area contributed by atoms with Gasteiger partial charge in [0.05, 0.1) is 4.90 Å². The molecule has 0 saturated carbocycles. The van der Waals surface area contributed by atoms with Crippen molar-refractivity contribution in [2.24, 2.45) is 0 Å². The highest BCUT2D eigenvalue weighted by Crippen LogP contribution is 2.38. The third-order valence-corrected chi connectivity index (χ3v) is 7.38. The summed E-state index contributed by atoms with van der Waals surface area (Å²) in [6.45, 7) is 0.378. The molecule has 2 aromatic carbocycles. The molecule has 140 valence electrons. The lowest BCUT2D eigenvalue weighted by Gasteiger charge is -2.21. The summed E-state index contributed by atoms with van der Waals surface area (Å²) < 4.78 is 46.6. The summed E-state index contributed by atoms with van der Waals surface area (Å²) in [5.74, 6) is 0.182. The van der Waals surface area contributed by atoms with E-state index in [1.54, 1.807) is 36.4 Å². The second kappa shape index (κ2) is 7.14. The van der Waals surface area contributed by atoms with Gasteiger partial charge < -0.3 is 4.52 Å². The molecule has 1 unspecified atom stereocenters. The zero-order valence-electron chi connectivity index (χ0n) is 14.0. The molecule has 1 fully saturated rings. The van der Waals surface area contributed by atoms with Crippen LogP contribution in [0.25, 0.3) is 11.4 Å². The van der Waals surface area contributed by atoms with Gasteiger partial charge in [0.2, 0.25) is 21.7 Å². The maximum Gasteiger partial charge on any atom is 0.245 e. The quantitative estimate of drug-likeness (QED) is 0.594. The number of hydrogen-bond donors (Lipinski definition) is 0. The van der Waals surface area contributed by atoms with E-state index in [0.29, 0.717) is 35.2 Å². The van der Waals surface area contributed by atoms with Crippen LogP contribution in [0.2, 0.25) is 0 Å². The van der Waals surface area contributed by atoms with E-state index in [-0.39, 0.29) is 16.6 Å². The maximum absolute atomic E-state index is 13.1. The van der Waals surface area contributed by atoms with Gasteiger partial charge in [0, 0.05) is 16.6 Å². The molecule has 1 saturated heterocycles. The topological polar surface area (TPSA) is 76.3 Å². The van der Waals surface area contributed by atoms with Crippen molar-refractivity contribution in [3.8, 4) is 11.4 Å². The van der Waals surface area contributed by atoms with Crippen molar-refractivity contribution >= 4 is 26.0 Å². The Bertz CT molecular complexity index is 1070. The molecule has 27 heavy (non-hydrogen) atoms. The van der Waals surface area contributed by atoms with E-state index in [1.807, 2.05) is 0 Å². The molecule has 0 aliphatic carbocycles. The number of benzene rings is 2. The van der Waals surface area contributed by atoms with Crippen molar-refractivity contribution in [1.82, 2.24) is 14.4 Å². The van der Waals surface area contributed by atoms with Gasteiger partial charge in [-0.1, -0.05) is 17.3 Å². The van der Waals surface area contributed by atoms with E-state index in [9.17, 15) is 12.8 Å². The molecular weight excluding hydrogens is 437 g/mol. The number of aromatic nitrogens is 2. The van der Waals surface area contributed by atoms with Crippen LogP contribution in [-0.4, -0.2) is 29.4 Å². The lowest BCUT2D eigenvalue weighted by molar-refractivity contribution is 0.290. The predicted molar refractivity (Wildman–Crippen MR) is 99.7 cm³/mol. The van der Waals surface area contributed by atoms with Crippen LogP contribution in [0.1, 0.15) is 24.8 Å². The minimum atomic E-state index is -3.72. The molecule has 6 nitrogen and oxygen atoms in total. The first-order chi connectivity index (χ1) is 13.0. The lowest BCUT2D eigenvalue weighted by atomic mass is 10.2. The molecule has 9 heteroatoms. The Balaban J connectivity index is 1.66. The van der Waals surface area contributed by atoms with Gasteiger partial charge in [0.1, 0.15) is 11.9 Å². The van der Waals surface area contributed by atoms with E-state index in [0.717, 1.165) is 0 Å². The Labute approximate surface area is 164 Å². The largest absolute Gasteiger partial charge is 0.337 e. The first-order valence-electron chi connectivity index (χ1n) is 8.33. The van der Waals surface area contributed by atoms with E-state index in [4.69, 9.17) is 4.52 Å². The van der Waals surface area contributed by atoms with Gasteiger partial charge in [0.15, 0.2) is 0 Å². The van der Waals surface area contributed by atoms with Crippen LogP contribution in [0, 0.1) is 5.82 Å². The second-order valence-electron chi connectivity index (χ2n) is 6.17. The molecule has 3 aromatic rings. The Morgan fingerprint density at radius 3 is 2.63 bits per heavy atom. The van der Waals surface area contributed by atoms with Gasteiger partial charge in [-0.25, -0.2) is 12.8 Å². The highest BCUT2D eigenvalue weighted by Gasteiger charge is 2.40. The zero-order chi connectivity index (χ0) is 19.0. The maximum atomic E-state index is 13.1. The Kier molecular flexibility index (Phi) is 4.83. The third-order valence-electron chi connectivity index (χ3n) is 4.46. The highest BCUT2D eigenvalue weighted by molar-refractivity contribution is 9.10. The Morgan fingerprint density at radius 1 is 1.15 bits per heavy atom. The van der Waals surface area contributed by atoms with Crippen LogP contribution >= 0.6 is 15.9 Å². The summed E-state index contributed by atoms with van der Waals surface area (Å²) in [5, 5.41) is 3.93. The van der Waals surface area contributed by atoms with Crippen LogP contribution in [0.4, 0.5) is 4.39 Å². The van der Waals surface area contributed by atoms with E-state index >= 15 is 0 Å². The first-order valence-corrected chi connectivity index (χ1v) is 10.6. The predicted octanol–water partition coefficient (Wildman–Crippen LogP) is 4.16. The van der Waals surface area contributed by atoms with Crippen LogP contribution in [0.3, 0.4) is 0 Å². The summed E-state index contributed by atoms with van der Waals surface area (Å²) in [5.41, 5.74) is 0.601.